The van der Waals surface area contributed by atoms with Crippen LogP contribution in [0.15, 0.2) is 6.20 Å². The second kappa shape index (κ2) is 2.98. The van der Waals surface area contributed by atoms with Gasteiger partial charge in [-0.25, -0.2) is 4.98 Å². The lowest BCUT2D eigenvalue weighted by Crippen LogP contribution is -1.83. The largest absolute Gasteiger partial charge is 0.473 e. The summed E-state index contributed by atoms with van der Waals surface area (Å²) in [5.74, 6) is 0. The molecule has 1 N–H and O–H groups in total. The zero-order valence-electron chi connectivity index (χ0n) is 5.87. The van der Waals surface area contributed by atoms with Crippen molar-refractivity contribution in [2.75, 3.05) is 7.11 Å². The first-order chi connectivity index (χ1) is 4.74. The van der Waals surface area contributed by atoms with Gasteiger partial charge in [-0.15, -0.1) is 0 Å². The minimum Gasteiger partial charge on any atom is -0.473 e. The standard InChI is InChI=1S/C6H9NO2S/c1-4(8)5-3-7-6(9-2)10-5/h3-4,8H,1-2H3/t4-/m1/s1. The van der Waals surface area contributed by atoms with Crippen molar-refractivity contribution in [2.24, 2.45) is 0 Å². The monoisotopic (exact) mass is 159 g/mol. The number of methoxy groups -OCH3 is 1. The minimum atomic E-state index is -0.443. The number of aromatic nitrogens is 1. The van der Waals surface area contributed by atoms with Gasteiger partial charge in [-0.2, -0.15) is 0 Å². The van der Waals surface area contributed by atoms with Crippen molar-refractivity contribution in [3.8, 4) is 5.19 Å². The van der Waals surface area contributed by atoms with E-state index in [9.17, 15) is 0 Å². The van der Waals surface area contributed by atoms with Gasteiger partial charge in [0.05, 0.1) is 18.1 Å². The fourth-order valence-corrected chi connectivity index (χ4v) is 1.22. The molecular weight excluding hydrogens is 150 g/mol. The summed E-state index contributed by atoms with van der Waals surface area (Å²) in [6.45, 7) is 1.70. The summed E-state index contributed by atoms with van der Waals surface area (Å²) in [6.07, 6.45) is 1.18. The third-order valence-electron chi connectivity index (χ3n) is 1.09. The maximum absolute atomic E-state index is 9.05. The Labute approximate surface area is 63.3 Å². The summed E-state index contributed by atoms with van der Waals surface area (Å²) in [4.78, 5) is 4.72. The molecule has 3 nitrogen and oxygen atoms in total. The highest BCUT2D eigenvalue weighted by molar-refractivity contribution is 7.13. The SMILES string of the molecule is COc1ncc([C@@H](C)O)s1. The van der Waals surface area contributed by atoms with Gasteiger partial charge in [-0.05, 0) is 6.92 Å². The van der Waals surface area contributed by atoms with E-state index in [4.69, 9.17) is 9.84 Å². The molecule has 1 atom stereocenters. The minimum absolute atomic E-state index is 0.443. The van der Waals surface area contributed by atoms with Crippen molar-refractivity contribution in [3.05, 3.63) is 11.1 Å². The van der Waals surface area contributed by atoms with E-state index in [0.29, 0.717) is 5.19 Å². The van der Waals surface area contributed by atoms with Crippen LogP contribution in [0, 0.1) is 0 Å². The zero-order chi connectivity index (χ0) is 7.56. The lowest BCUT2D eigenvalue weighted by atomic mass is 10.4. The van der Waals surface area contributed by atoms with Crippen LogP contribution in [0.4, 0.5) is 0 Å². The summed E-state index contributed by atoms with van der Waals surface area (Å²) < 4.78 is 4.84. The van der Waals surface area contributed by atoms with Crippen molar-refractivity contribution in [1.29, 1.82) is 0 Å². The number of hydrogen-bond donors (Lipinski definition) is 1. The van der Waals surface area contributed by atoms with Crippen LogP contribution in [0.3, 0.4) is 0 Å². The van der Waals surface area contributed by atoms with Gasteiger partial charge < -0.3 is 9.84 Å². The van der Waals surface area contributed by atoms with Crippen LogP contribution < -0.4 is 4.74 Å². The third-order valence-corrected chi connectivity index (χ3v) is 2.22. The predicted octanol–water partition coefficient (Wildman–Crippen LogP) is 1.20. The van der Waals surface area contributed by atoms with Crippen LogP contribution in [0.1, 0.15) is 17.9 Å². The van der Waals surface area contributed by atoms with Crippen molar-refractivity contribution >= 4 is 11.3 Å². The molecule has 56 valence electrons. The molecule has 1 rings (SSSR count). The van der Waals surface area contributed by atoms with E-state index in [1.165, 1.54) is 11.3 Å². The second-order valence-corrected chi connectivity index (χ2v) is 2.93. The molecule has 1 aromatic heterocycles. The van der Waals surface area contributed by atoms with Crippen LogP contribution in [0.5, 0.6) is 5.19 Å². The number of nitrogens with zero attached hydrogens (tertiary/aromatic N) is 1. The van der Waals surface area contributed by atoms with Gasteiger partial charge >= 0.3 is 0 Å². The van der Waals surface area contributed by atoms with Crippen molar-refractivity contribution in [2.45, 2.75) is 13.0 Å². The summed E-state index contributed by atoms with van der Waals surface area (Å²) in [5, 5.41) is 9.64. The molecule has 4 heteroatoms. The molecule has 0 unspecified atom stereocenters. The van der Waals surface area contributed by atoms with Gasteiger partial charge in [0.2, 0.25) is 0 Å². The van der Waals surface area contributed by atoms with E-state index in [1.807, 2.05) is 0 Å². The topological polar surface area (TPSA) is 42.4 Å². The molecule has 0 saturated carbocycles. The number of ether oxygens (including phenoxy) is 1. The molecule has 0 aliphatic carbocycles. The molecule has 0 fully saturated rings. The quantitative estimate of drug-likeness (QED) is 0.705. The normalized spacial score (nSPS) is 13.1. The molecule has 10 heavy (non-hydrogen) atoms. The van der Waals surface area contributed by atoms with Gasteiger partial charge in [-0.3, -0.25) is 0 Å². The molecule has 0 amide bonds. The van der Waals surface area contributed by atoms with E-state index in [0.717, 1.165) is 4.88 Å². The Morgan fingerprint density at radius 1 is 1.80 bits per heavy atom. The van der Waals surface area contributed by atoms with Crippen LogP contribution >= 0.6 is 11.3 Å². The first-order valence-corrected chi connectivity index (χ1v) is 3.73. The Hall–Kier alpha value is -0.610. The second-order valence-electron chi connectivity index (χ2n) is 1.91. The highest BCUT2D eigenvalue weighted by Gasteiger charge is 2.05. The van der Waals surface area contributed by atoms with Gasteiger partial charge in [0.1, 0.15) is 0 Å². The summed E-state index contributed by atoms with van der Waals surface area (Å²) >= 11 is 1.36. The first-order valence-electron chi connectivity index (χ1n) is 2.92. The maximum Gasteiger partial charge on any atom is 0.273 e. The van der Waals surface area contributed by atoms with Gasteiger partial charge in [0.15, 0.2) is 0 Å². The van der Waals surface area contributed by atoms with E-state index in [1.54, 1.807) is 20.2 Å². The van der Waals surface area contributed by atoms with Crippen LogP contribution in [-0.4, -0.2) is 17.2 Å². The average Bonchev–Trinajstić information content (AvgIpc) is 2.34. The Bertz CT molecular complexity index is 209. The van der Waals surface area contributed by atoms with E-state index >= 15 is 0 Å². The smallest absolute Gasteiger partial charge is 0.273 e. The molecule has 0 spiro atoms. The third kappa shape index (κ3) is 1.46. The number of aliphatic hydroxyl groups excluding tert-OH is 1. The fraction of sp³-hybridized carbons (Fsp3) is 0.500. The molecule has 0 saturated heterocycles. The zero-order valence-corrected chi connectivity index (χ0v) is 6.68. The lowest BCUT2D eigenvalue weighted by molar-refractivity contribution is 0.203. The van der Waals surface area contributed by atoms with Gasteiger partial charge in [0, 0.05) is 6.20 Å². The number of rotatable bonds is 2. The summed E-state index contributed by atoms with van der Waals surface area (Å²) in [5.41, 5.74) is 0. The van der Waals surface area contributed by atoms with Crippen molar-refractivity contribution in [1.82, 2.24) is 4.98 Å². The lowest BCUT2D eigenvalue weighted by Gasteiger charge is -1.94. The highest BCUT2D eigenvalue weighted by atomic mass is 32.1. The van der Waals surface area contributed by atoms with Crippen LogP contribution in [0.25, 0.3) is 0 Å². The van der Waals surface area contributed by atoms with Crippen LogP contribution in [0.2, 0.25) is 0 Å². The fourth-order valence-electron chi connectivity index (χ4n) is 0.557. The molecule has 0 aliphatic heterocycles. The predicted molar refractivity (Wildman–Crippen MR) is 39.3 cm³/mol. The first kappa shape index (κ1) is 7.50. The number of aliphatic hydroxyl groups is 1. The molecule has 1 aromatic rings. The summed E-state index contributed by atoms with van der Waals surface area (Å²) in [6, 6.07) is 0. The number of hydrogen-bond acceptors (Lipinski definition) is 4. The molecule has 1 heterocycles. The molecule has 0 aliphatic rings. The van der Waals surface area contributed by atoms with Crippen LogP contribution in [-0.2, 0) is 0 Å². The molecule has 0 bridgehead atoms. The van der Waals surface area contributed by atoms with E-state index < -0.39 is 6.10 Å². The molecule has 0 aromatic carbocycles. The van der Waals surface area contributed by atoms with E-state index in [2.05, 4.69) is 4.98 Å². The average molecular weight is 159 g/mol. The maximum atomic E-state index is 9.05. The van der Waals surface area contributed by atoms with Gasteiger partial charge in [0.25, 0.3) is 5.19 Å². The Morgan fingerprint density at radius 2 is 2.50 bits per heavy atom. The van der Waals surface area contributed by atoms with Gasteiger partial charge in [-0.1, -0.05) is 11.3 Å². The Kier molecular flexibility index (Phi) is 2.24. The Morgan fingerprint density at radius 3 is 2.80 bits per heavy atom. The van der Waals surface area contributed by atoms with E-state index in [-0.39, 0.29) is 0 Å². The summed E-state index contributed by atoms with van der Waals surface area (Å²) in [7, 11) is 1.56. The van der Waals surface area contributed by atoms with Crippen molar-refractivity contribution in [3.63, 3.8) is 0 Å². The molecule has 0 radical (unpaired) electrons. The van der Waals surface area contributed by atoms with Crippen molar-refractivity contribution < 1.29 is 9.84 Å². The number of thiazole rings is 1. The highest BCUT2D eigenvalue weighted by Crippen LogP contribution is 2.24. The molecular formula is C6H9NO2S. The Balaban J connectivity index is 2.78.